The van der Waals surface area contributed by atoms with Crippen LogP contribution in [0.15, 0.2) is 218 Å². The van der Waals surface area contributed by atoms with Gasteiger partial charge in [0.15, 0.2) is 0 Å². The second kappa shape index (κ2) is 23.2. The zero-order valence-corrected chi connectivity index (χ0v) is 64.5. The van der Waals surface area contributed by atoms with E-state index in [1.54, 1.807) is 0 Å². The molecular weight excluding hydrogens is 1230 g/mol. The van der Waals surface area contributed by atoms with E-state index in [1.165, 1.54) is 176 Å². The Balaban J connectivity index is 0.970. The van der Waals surface area contributed by atoms with E-state index in [-0.39, 0.29) is 50.0 Å². The van der Waals surface area contributed by atoms with Crippen LogP contribution in [0, 0.1) is 0 Å². The van der Waals surface area contributed by atoms with Crippen LogP contribution in [0.2, 0.25) is 0 Å². The highest BCUT2D eigenvalue weighted by Crippen LogP contribution is 2.53. The van der Waals surface area contributed by atoms with Gasteiger partial charge in [0, 0.05) is 50.6 Å². The lowest BCUT2D eigenvalue weighted by Crippen LogP contribution is -2.61. The number of hydrogen-bond acceptors (Lipinski definition) is 2. The van der Waals surface area contributed by atoms with Crippen molar-refractivity contribution in [3.05, 3.63) is 263 Å². The Hall–Kier alpha value is -9.12. The summed E-state index contributed by atoms with van der Waals surface area (Å²) in [7, 11) is 0. The van der Waals surface area contributed by atoms with Crippen molar-refractivity contribution in [3.8, 4) is 50.2 Å². The smallest absolute Gasteiger partial charge is 0.252 e. The zero-order valence-electron chi connectivity index (χ0n) is 64.5. The molecule has 3 nitrogen and oxygen atoms in total. The van der Waals surface area contributed by atoms with Gasteiger partial charge in [-0.3, -0.25) is 0 Å². The molecule has 0 amide bonds. The van der Waals surface area contributed by atoms with Crippen LogP contribution < -0.4 is 26.2 Å². The third-order valence-corrected chi connectivity index (χ3v) is 24.6. The van der Waals surface area contributed by atoms with Crippen LogP contribution in [0.1, 0.15) is 209 Å². The normalized spacial score (nSPS) is 16.5. The first kappa shape index (κ1) is 67.4. The van der Waals surface area contributed by atoms with Gasteiger partial charge in [-0.05, 0) is 253 Å². The molecule has 4 heteroatoms. The van der Waals surface area contributed by atoms with Gasteiger partial charge in [-0.15, -0.1) is 0 Å². The third kappa shape index (κ3) is 11.2. The molecule has 0 saturated heterocycles. The molecule has 0 saturated carbocycles. The number of fused-ring (bicyclic) bond motifs is 9. The maximum atomic E-state index is 2.64. The third-order valence-electron chi connectivity index (χ3n) is 24.6. The van der Waals surface area contributed by atoms with Crippen LogP contribution in [0.25, 0.3) is 72.0 Å². The van der Waals surface area contributed by atoms with Gasteiger partial charge in [0.1, 0.15) is 0 Å². The van der Waals surface area contributed by atoms with Crippen LogP contribution in [0.3, 0.4) is 0 Å². The molecule has 0 radical (unpaired) electrons. The van der Waals surface area contributed by atoms with Gasteiger partial charge in [0.25, 0.3) is 6.71 Å². The highest BCUT2D eigenvalue weighted by Gasteiger charge is 2.45. The number of nitrogens with zero attached hydrogens (tertiary/aromatic N) is 3. The Morgan fingerprint density at radius 1 is 0.294 bits per heavy atom. The number of anilines is 6. The van der Waals surface area contributed by atoms with Crippen molar-refractivity contribution in [2.75, 3.05) is 9.80 Å². The molecule has 0 fully saturated rings. The number of aromatic nitrogens is 1. The molecule has 0 bridgehead atoms. The Morgan fingerprint density at radius 2 is 0.667 bits per heavy atom. The molecular formula is C98H104BN3. The molecule has 4 aliphatic rings. The molecule has 2 aliphatic heterocycles. The van der Waals surface area contributed by atoms with E-state index in [0.717, 1.165) is 17.1 Å². The zero-order chi connectivity index (χ0) is 71.9. The van der Waals surface area contributed by atoms with E-state index in [0.29, 0.717) is 0 Å². The van der Waals surface area contributed by atoms with E-state index in [4.69, 9.17) is 0 Å². The first-order valence-electron chi connectivity index (χ1n) is 37.9. The molecule has 0 atom stereocenters. The van der Waals surface area contributed by atoms with Gasteiger partial charge in [0.2, 0.25) is 0 Å². The SMILES string of the molecule is CC(C)(C)c1ccc(-c2cc3c4c(c2)N(c2ccc(-c5ccc6c(c5)C(C)(C)CCC6(C)C)cc2)c2cc(-n5c6ccc(C(C)(C)C)cc6c6cc(C(C)(C)C)ccc65)ccc2B4c2ccc(-c4ccccc4C(C)(C)C)cc2N3c2ccc(-c3ccc4c(c3)C(C)(C)CCC4(C)C)cc2)cc1. The van der Waals surface area contributed by atoms with Gasteiger partial charge in [-0.1, -0.05) is 278 Å². The quantitative estimate of drug-likeness (QED) is 0.147. The standard InChI is InChI=1S/C98H104BN3/c1-91(2,3)68-34-25-63(26-35-68)67-56-88-90-89(57-67)101(72-40-29-62(30-41-72)65-32-44-79-81(54-65)98(19,20)52-50-96(79,15)16)87-60-73(102-84-47-36-69(92(4,5)6)58-75(84)76-59-70(93(7,8)9)37-48-85(76)102)42-46-83(87)99(90)82-45-33-66(74-23-21-22-24-77(74)94(10,11)12)55-86(82)100(88)71-38-27-61(28-39-71)64-31-43-78-80(53-64)97(17,18)51-49-95(78,13)14/h21-48,53-60H,49-52H2,1-20H3. The van der Waals surface area contributed by atoms with Gasteiger partial charge in [0.05, 0.1) is 11.0 Å². The Bertz CT molecular complexity index is 5290. The van der Waals surface area contributed by atoms with Crippen molar-refractivity contribution in [1.29, 1.82) is 0 Å². The lowest BCUT2D eigenvalue weighted by Gasteiger charge is -2.45. The van der Waals surface area contributed by atoms with E-state index < -0.39 is 0 Å². The Kier molecular flexibility index (Phi) is 15.3. The molecule has 1 aromatic heterocycles. The summed E-state index contributed by atoms with van der Waals surface area (Å²) in [4.78, 5) is 5.28. The fourth-order valence-electron chi connectivity index (χ4n) is 17.9. The van der Waals surface area contributed by atoms with Crippen LogP contribution >= 0.6 is 0 Å². The van der Waals surface area contributed by atoms with Gasteiger partial charge >= 0.3 is 0 Å². The summed E-state index contributed by atoms with van der Waals surface area (Å²) in [6.07, 6.45) is 4.74. The maximum Gasteiger partial charge on any atom is 0.252 e. The maximum absolute atomic E-state index is 2.64. The molecule has 2 aliphatic carbocycles. The Morgan fingerprint density at radius 3 is 1.13 bits per heavy atom. The molecule has 0 unspecified atom stereocenters. The predicted molar refractivity (Wildman–Crippen MR) is 442 cm³/mol. The fraction of sp³-hybridized carbons (Fsp3) is 0.327. The monoisotopic (exact) mass is 1330 g/mol. The molecule has 0 spiro atoms. The second-order valence-electron chi connectivity index (χ2n) is 37.6. The largest absolute Gasteiger partial charge is 0.311 e. The highest BCUT2D eigenvalue weighted by molar-refractivity contribution is 7.00. The summed E-state index contributed by atoms with van der Waals surface area (Å²) in [5.74, 6) is 0. The van der Waals surface area contributed by atoms with Crippen LogP contribution in [0.4, 0.5) is 34.1 Å². The number of hydrogen-bond donors (Lipinski definition) is 0. The first-order valence-corrected chi connectivity index (χ1v) is 37.9. The minimum absolute atomic E-state index is 0.00805. The lowest BCUT2D eigenvalue weighted by atomic mass is 9.33. The van der Waals surface area contributed by atoms with Gasteiger partial charge in [-0.2, -0.15) is 0 Å². The minimum Gasteiger partial charge on any atom is -0.311 e. The van der Waals surface area contributed by atoms with Crippen LogP contribution in [0.5, 0.6) is 0 Å². The summed E-state index contributed by atoms with van der Waals surface area (Å²) in [6.45, 7) is 47.4. The van der Waals surface area contributed by atoms with Crippen molar-refractivity contribution in [2.45, 2.75) is 207 Å². The number of benzene rings is 11. The molecule has 3 heterocycles. The van der Waals surface area contributed by atoms with E-state index in [9.17, 15) is 0 Å². The molecule has 11 aromatic carbocycles. The average Bonchev–Trinajstić information content (AvgIpc) is 0.798. The van der Waals surface area contributed by atoms with Crippen LogP contribution in [-0.4, -0.2) is 11.3 Å². The molecule has 0 N–H and O–H groups in total. The van der Waals surface area contributed by atoms with Crippen molar-refractivity contribution in [1.82, 2.24) is 4.57 Å². The molecule has 12 aromatic rings. The fourth-order valence-corrected chi connectivity index (χ4v) is 17.9. The molecule has 16 rings (SSSR count). The Labute approximate surface area is 610 Å². The van der Waals surface area contributed by atoms with Crippen LogP contribution in [-0.2, 0) is 43.3 Å². The van der Waals surface area contributed by atoms with Crippen molar-refractivity contribution in [2.24, 2.45) is 0 Å². The van der Waals surface area contributed by atoms with Gasteiger partial charge < -0.3 is 14.4 Å². The van der Waals surface area contributed by atoms with Gasteiger partial charge in [-0.25, -0.2) is 0 Å². The van der Waals surface area contributed by atoms with E-state index in [1.807, 2.05) is 0 Å². The first-order chi connectivity index (χ1) is 48.0. The van der Waals surface area contributed by atoms with Crippen molar-refractivity contribution < 1.29 is 0 Å². The van der Waals surface area contributed by atoms with E-state index in [2.05, 4.69) is 371 Å². The summed E-state index contributed by atoms with van der Waals surface area (Å²) in [5, 5.41) is 2.57. The average molecular weight is 1330 g/mol. The van der Waals surface area contributed by atoms with E-state index >= 15 is 0 Å². The van der Waals surface area contributed by atoms with Crippen molar-refractivity contribution >= 4 is 79.0 Å². The summed E-state index contributed by atoms with van der Waals surface area (Å²) < 4.78 is 2.56. The summed E-state index contributed by atoms with van der Waals surface area (Å²) in [6, 6.07) is 86.9. The molecule has 514 valence electrons. The second-order valence-corrected chi connectivity index (χ2v) is 37.6. The lowest BCUT2D eigenvalue weighted by molar-refractivity contribution is 0.332. The van der Waals surface area contributed by atoms with Crippen molar-refractivity contribution in [3.63, 3.8) is 0 Å². The summed E-state index contributed by atoms with van der Waals surface area (Å²) >= 11 is 0. The number of rotatable bonds is 7. The highest BCUT2D eigenvalue weighted by atomic mass is 15.2. The topological polar surface area (TPSA) is 11.4 Å². The predicted octanol–water partition coefficient (Wildman–Crippen LogP) is 25.4. The minimum atomic E-state index is -0.127. The summed E-state index contributed by atoms with van der Waals surface area (Å²) in [5.41, 5.74) is 35.8. The molecule has 102 heavy (non-hydrogen) atoms.